The van der Waals surface area contributed by atoms with Gasteiger partial charge in [0, 0.05) is 54.1 Å². The second kappa shape index (κ2) is 28.9. The van der Waals surface area contributed by atoms with Crippen LogP contribution in [0.1, 0.15) is 57.8 Å². The SMILES string of the molecule is Cc1ccc(S(=O)(=O)Cc2nc(-c3ccc(C(=O)CCc4ccc[n+](Cc5ccc(O[C@@H]6O[C@H](C(=O)O)[C@@H](O)[C@H](O)[C@H]6O)c(NC(=O)CCNC(=O)CCOCCOCCOCCN6C(=O)C(Br)=C(Br)C6=O)c5)c4)cc3)oc2C)cc1. The first-order valence-electron chi connectivity index (χ1n) is 25.5. The van der Waals surface area contributed by atoms with E-state index in [9.17, 15) is 57.6 Å². The molecule has 0 saturated carbocycles. The second-order valence-electron chi connectivity index (χ2n) is 18.8. The highest BCUT2D eigenvalue weighted by atomic mass is 79.9. The van der Waals surface area contributed by atoms with Gasteiger partial charge in [-0.3, -0.25) is 28.9 Å². The number of pyridine rings is 1. The van der Waals surface area contributed by atoms with Gasteiger partial charge < -0.3 is 59.2 Å². The Hall–Kier alpha value is -6.59. The number of aryl methyl sites for hydroxylation is 3. The number of rotatable bonds is 29. The van der Waals surface area contributed by atoms with Gasteiger partial charge in [0.25, 0.3) is 11.8 Å². The van der Waals surface area contributed by atoms with Crippen LogP contribution in [0.2, 0.25) is 0 Å². The number of halogens is 2. The summed E-state index contributed by atoms with van der Waals surface area (Å²) in [6, 6.07) is 21.7. The number of carboxylic acids is 1. The van der Waals surface area contributed by atoms with Crippen molar-refractivity contribution in [2.24, 2.45) is 0 Å². The third-order valence-electron chi connectivity index (χ3n) is 12.8. The van der Waals surface area contributed by atoms with Crippen LogP contribution >= 0.6 is 31.9 Å². The zero-order valence-corrected chi connectivity index (χ0v) is 47.9. The lowest BCUT2D eigenvalue weighted by atomic mass is 9.99. The van der Waals surface area contributed by atoms with Crippen molar-refractivity contribution in [2.75, 3.05) is 58.0 Å². The Balaban J connectivity index is 0.883. The summed E-state index contributed by atoms with van der Waals surface area (Å²) in [5.74, 6) is -3.39. The van der Waals surface area contributed by atoms with E-state index in [0.717, 1.165) is 16.0 Å². The molecule has 3 aromatic carbocycles. The van der Waals surface area contributed by atoms with Crippen LogP contribution in [0.5, 0.6) is 5.75 Å². The van der Waals surface area contributed by atoms with Crippen molar-refractivity contribution in [3.63, 3.8) is 0 Å². The van der Waals surface area contributed by atoms with Gasteiger partial charge in [0.1, 0.15) is 44.5 Å². The summed E-state index contributed by atoms with van der Waals surface area (Å²) in [5.41, 5.74) is 3.81. The molecule has 7 rings (SSSR count). The standard InChI is InChI=1S/C55H59Br2N5O18S/c1-32-5-13-38(14-6-32)81(73,74)31-40-33(2)78-51(60-40)37-11-9-36(10-12-37)41(63)15-7-34-4-3-20-61(29-34)30-35-8-16-42(79-55-49(68)47(66)48(67)50(80-55)54(71)72)39(28-35)59-44(65)17-19-58-43(64)18-22-75-24-26-77-27-25-76-23-21-62-52(69)45(56)46(57)53(62)70/h3-6,8-14,16,20,28-29,47-50,55,66-68H,7,15,17-19,21-27,30-31H2,1-2H3,(H2-,58,59,64,65,71,72)/p+1/t47-,48-,49+,50-,55+/m0/s1. The molecule has 0 unspecified atom stereocenters. The Morgan fingerprint density at radius 2 is 1.44 bits per heavy atom. The quantitative estimate of drug-likeness (QED) is 0.0172. The summed E-state index contributed by atoms with van der Waals surface area (Å²) in [7, 11) is -3.67. The molecule has 2 aliphatic heterocycles. The summed E-state index contributed by atoms with van der Waals surface area (Å²) in [6.45, 7) is 4.86. The highest BCUT2D eigenvalue weighted by Crippen LogP contribution is 2.32. The van der Waals surface area contributed by atoms with Crippen LogP contribution in [0.15, 0.2) is 110 Å². The number of aliphatic hydroxyl groups excluding tert-OH is 3. The van der Waals surface area contributed by atoms with Crippen LogP contribution in [-0.4, -0.2) is 158 Å². The predicted molar refractivity (Wildman–Crippen MR) is 293 cm³/mol. The molecule has 5 aromatic rings. The van der Waals surface area contributed by atoms with Gasteiger partial charge in [0.15, 0.2) is 40.7 Å². The molecule has 6 N–H and O–H groups in total. The van der Waals surface area contributed by atoms with Crippen LogP contribution in [0.25, 0.3) is 11.5 Å². The fourth-order valence-electron chi connectivity index (χ4n) is 8.28. The van der Waals surface area contributed by atoms with Gasteiger partial charge >= 0.3 is 5.97 Å². The third-order valence-corrected chi connectivity index (χ3v) is 16.4. The highest BCUT2D eigenvalue weighted by molar-refractivity contribution is 9.14. The van der Waals surface area contributed by atoms with Crippen molar-refractivity contribution in [3.8, 4) is 17.2 Å². The van der Waals surface area contributed by atoms with Crippen molar-refractivity contribution in [2.45, 2.75) is 87.4 Å². The number of aromatic nitrogens is 2. The number of aliphatic hydroxyl groups is 3. The van der Waals surface area contributed by atoms with Gasteiger partial charge in [-0.25, -0.2) is 22.8 Å². The number of benzene rings is 3. The van der Waals surface area contributed by atoms with E-state index >= 15 is 0 Å². The number of Topliss-reactive ketones (excluding diaryl/α,β-unsaturated/α-hetero) is 1. The van der Waals surface area contributed by atoms with Gasteiger partial charge in [0.2, 0.25) is 24.0 Å². The number of carbonyl (C=O) groups excluding carboxylic acids is 5. The second-order valence-corrected chi connectivity index (χ2v) is 22.4. The molecule has 1 saturated heterocycles. The minimum atomic E-state index is -3.67. The van der Waals surface area contributed by atoms with E-state index in [0.29, 0.717) is 34.6 Å². The van der Waals surface area contributed by atoms with Gasteiger partial charge in [-0.05, 0) is 101 Å². The number of hydrogen-bond donors (Lipinski definition) is 6. The summed E-state index contributed by atoms with van der Waals surface area (Å²) >= 11 is 6.14. The molecule has 0 spiro atoms. The van der Waals surface area contributed by atoms with Gasteiger partial charge in [0.05, 0.1) is 62.5 Å². The first kappa shape index (κ1) is 62.0. The molecule has 1 fully saturated rings. The molecule has 81 heavy (non-hydrogen) atoms. The number of imide groups is 1. The van der Waals surface area contributed by atoms with E-state index in [4.69, 9.17) is 28.1 Å². The molecule has 0 radical (unpaired) electrons. The molecule has 5 atom stereocenters. The molecule has 0 aliphatic carbocycles. The van der Waals surface area contributed by atoms with E-state index in [-0.39, 0.29) is 127 Å². The van der Waals surface area contributed by atoms with Crippen molar-refractivity contribution < 1.29 is 90.3 Å². The van der Waals surface area contributed by atoms with Crippen LogP contribution in [0.3, 0.4) is 0 Å². The normalized spacial score (nSPS) is 18.3. The molecule has 432 valence electrons. The van der Waals surface area contributed by atoms with E-state index in [1.54, 1.807) is 73.8 Å². The summed E-state index contributed by atoms with van der Waals surface area (Å²) in [5, 5.41) is 46.3. The minimum Gasteiger partial charge on any atom is -0.479 e. The van der Waals surface area contributed by atoms with Gasteiger partial charge in [-0.15, -0.1) is 0 Å². The number of nitrogens with zero attached hydrogens (tertiary/aromatic N) is 3. The number of ketones is 1. The average molecular weight is 1270 g/mol. The Kier molecular flexibility index (Phi) is 22.1. The number of ether oxygens (including phenoxy) is 5. The molecule has 4 amide bonds. The molecular formula is C55H60Br2N5O18S+. The van der Waals surface area contributed by atoms with Gasteiger partial charge in [-0.2, -0.15) is 0 Å². The first-order valence-corrected chi connectivity index (χ1v) is 28.7. The van der Waals surface area contributed by atoms with Crippen LogP contribution < -0.4 is 19.9 Å². The van der Waals surface area contributed by atoms with E-state index in [1.807, 2.05) is 29.8 Å². The lowest BCUT2D eigenvalue weighted by Crippen LogP contribution is -2.61. The number of hydrogen-bond acceptors (Lipinski definition) is 18. The Morgan fingerprint density at radius 1 is 0.778 bits per heavy atom. The zero-order chi connectivity index (χ0) is 58.4. The van der Waals surface area contributed by atoms with E-state index < -0.39 is 64.2 Å². The van der Waals surface area contributed by atoms with Crippen molar-refractivity contribution in [1.29, 1.82) is 0 Å². The molecule has 26 heteroatoms. The number of carbonyl (C=O) groups is 6. The van der Waals surface area contributed by atoms with Gasteiger partial charge in [-0.1, -0.05) is 29.8 Å². The molecule has 23 nitrogen and oxygen atoms in total. The maximum absolute atomic E-state index is 13.4. The number of carboxylic acid groups (broad SMARTS) is 1. The minimum absolute atomic E-state index is 0.00776. The smallest absolute Gasteiger partial charge is 0.335 e. The highest BCUT2D eigenvalue weighted by Gasteiger charge is 2.48. The largest absolute Gasteiger partial charge is 0.479 e. The number of nitrogens with one attached hydrogen (secondary N) is 2. The summed E-state index contributed by atoms with van der Waals surface area (Å²) in [6.07, 6.45) is -5.51. The molecule has 4 heterocycles. The maximum Gasteiger partial charge on any atom is 0.335 e. The predicted octanol–water partition coefficient (Wildman–Crippen LogP) is 3.61. The van der Waals surface area contributed by atoms with Crippen LogP contribution in [0.4, 0.5) is 5.69 Å². The van der Waals surface area contributed by atoms with Crippen molar-refractivity contribution >= 4 is 82.8 Å². The van der Waals surface area contributed by atoms with Crippen molar-refractivity contribution in [3.05, 3.63) is 134 Å². The average Bonchev–Trinajstić information content (AvgIpc) is 3.91. The van der Waals surface area contributed by atoms with Crippen LogP contribution in [-0.2, 0) is 71.5 Å². The van der Waals surface area contributed by atoms with Crippen LogP contribution in [0, 0.1) is 13.8 Å². The Bertz CT molecular complexity index is 3210. The molecule has 2 aliphatic rings. The lowest BCUT2D eigenvalue weighted by molar-refractivity contribution is -0.688. The monoisotopic (exact) mass is 1270 g/mol. The number of amides is 4. The maximum atomic E-state index is 13.4. The lowest BCUT2D eigenvalue weighted by Gasteiger charge is -2.38. The number of aliphatic carboxylic acids is 1. The van der Waals surface area contributed by atoms with E-state index in [1.165, 1.54) is 6.07 Å². The summed E-state index contributed by atoms with van der Waals surface area (Å²) in [4.78, 5) is 80.9. The zero-order valence-electron chi connectivity index (χ0n) is 44.0. The number of anilines is 1. The number of sulfone groups is 1. The topological polar surface area (TPSA) is 321 Å². The third kappa shape index (κ3) is 17.0. The summed E-state index contributed by atoms with van der Waals surface area (Å²) < 4.78 is 61.7. The fourth-order valence-corrected chi connectivity index (χ4v) is 10.4. The van der Waals surface area contributed by atoms with Crippen molar-refractivity contribution in [1.82, 2.24) is 15.2 Å². The Labute approximate surface area is 482 Å². The van der Waals surface area contributed by atoms with E-state index in [2.05, 4.69) is 47.5 Å². The molecular weight excluding hydrogens is 1210 g/mol. The first-order chi connectivity index (χ1) is 38.7. The Morgan fingerprint density at radius 3 is 2.12 bits per heavy atom. The molecule has 2 aromatic heterocycles. The molecule has 0 bridgehead atoms. The number of oxazole rings is 1. The fraction of sp³-hybridized carbons (Fsp3) is 0.382.